The van der Waals surface area contributed by atoms with Gasteiger partial charge in [-0.25, -0.2) is 0 Å². The van der Waals surface area contributed by atoms with E-state index in [1.807, 2.05) is 6.07 Å². The first-order chi connectivity index (χ1) is 7.20. The van der Waals surface area contributed by atoms with Crippen molar-refractivity contribution in [3.05, 3.63) is 28.8 Å². The second-order valence-electron chi connectivity index (χ2n) is 4.02. The molecule has 0 saturated carbocycles. The van der Waals surface area contributed by atoms with Gasteiger partial charge in [0.25, 0.3) is 5.91 Å². The predicted molar refractivity (Wildman–Crippen MR) is 57.9 cm³/mol. The van der Waals surface area contributed by atoms with Crippen molar-refractivity contribution >= 4 is 5.91 Å². The number of carbonyl (C=O) groups is 1. The highest BCUT2D eigenvalue weighted by Gasteiger charge is 2.18. The number of primary amides is 1. The summed E-state index contributed by atoms with van der Waals surface area (Å²) < 4.78 is 0. The number of carbonyl (C=O) groups excluding carboxylic acids is 1. The van der Waals surface area contributed by atoms with Crippen LogP contribution in [-0.2, 0) is 12.8 Å². The van der Waals surface area contributed by atoms with Crippen LogP contribution in [0.1, 0.15) is 40.7 Å². The molecule has 1 aliphatic rings. The van der Waals surface area contributed by atoms with Crippen molar-refractivity contribution in [3.63, 3.8) is 0 Å². The number of rotatable bonds is 1. The van der Waals surface area contributed by atoms with Crippen molar-refractivity contribution in [2.45, 2.75) is 32.1 Å². The maximum atomic E-state index is 11.3. The number of aryl methyl sites for hydroxylation is 1. The summed E-state index contributed by atoms with van der Waals surface area (Å²) >= 11 is 0. The van der Waals surface area contributed by atoms with E-state index in [1.54, 1.807) is 6.07 Å². The molecule has 3 N–H and O–H groups in total. The van der Waals surface area contributed by atoms with Crippen LogP contribution in [0.3, 0.4) is 0 Å². The Morgan fingerprint density at radius 2 is 1.93 bits per heavy atom. The highest BCUT2D eigenvalue weighted by atomic mass is 16.3. The van der Waals surface area contributed by atoms with Crippen LogP contribution in [-0.4, -0.2) is 11.0 Å². The van der Waals surface area contributed by atoms with Crippen LogP contribution < -0.4 is 5.73 Å². The van der Waals surface area contributed by atoms with Gasteiger partial charge in [-0.3, -0.25) is 4.79 Å². The van der Waals surface area contributed by atoms with Gasteiger partial charge in [0.05, 0.1) is 5.56 Å². The van der Waals surface area contributed by atoms with Gasteiger partial charge in [0.2, 0.25) is 0 Å². The highest BCUT2D eigenvalue weighted by Crippen LogP contribution is 2.29. The van der Waals surface area contributed by atoms with Gasteiger partial charge >= 0.3 is 0 Å². The number of hydrogen-bond donors (Lipinski definition) is 2. The molecule has 80 valence electrons. The van der Waals surface area contributed by atoms with Crippen molar-refractivity contribution in [2.24, 2.45) is 5.73 Å². The van der Waals surface area contributed by atoms with E-state index >= 15 is 0 Å². The van der Waals surface area contributed by atoms with Crippen LogP contribution in [0.2, 0.25) is 0 Å². The van der Waals surface area contributed by atoms with E-state index in [0.29, 0.717) is 5.56 Å². The van der Waals surface area contributed by atoms with Gasteiger partial charge in [-0.05, 0) is 42.9 Å². The highest BCUT2D eigenvalue weighted by molar-refractivity contribution is 5.97. The number of benzene rings is 1. The number of phenols is 1. The minimum absolute atomic E-state index is 0.0168. The molecule has 15 heavy (non-hydrogen) atoms. The summed E-state index contributed by atoms with van der Waals surface area (Å²) in [6.07, 6.45) is 5.22. The van der Waals surface area contributed by atoms with Crippen molar-refractivity contribution < 1.29 is 9.90 Å². The molecule has 3 nitrogen and oxygen atoms in total. The summed E-state index contributed by atoms with van der Waals surface area (Å²) in [6, 6.07) is 3.48. The lowest BCUT2D eigenvalue weighted by atomic mass is 9.96. The quantitative estimate of drug-likeness (QED) is 0.686. The van der Waals surface area contributed by atoms with Crippen molar-refractivity contribution in [3.8, 4) is 5.75 Å². The zero-order valence-electron chi connectivity index (χ0n) is 8.62. The smallest absolute Gasteiger partial charge is 0.252 e. The standard InChI is InChI=1S/C12H15NO2/c13-12(15)11-9-5-3-1-2-4-8(9)6-7-10(11)14/h6-7,14H,1-5H2,(H2,13,15). The first kappa shape index (κ1) is 10.0. The largest absolute Gasteiger partial charge is 0.507 e. The van der Waals surface area contributed by atoms with Crippen LogP contribution in [0.5, 0.6) is 5.75 Å². The second-order valence-corrected chi connectivity index (χ2v) is 4.02. The third-order valence-electron chi connectivity index (χ3n) is 3.01. The van der Waals surface area contributed by atoms with Crippen LogP contribution in [0.25, 0.3) is 0 Å². The molecule has 0 unspecified atom stereocenters. The topological polar surface area (TPSA) is 63.3 Å². The van der Waals surface area contributed by atoms with Gasteiger partial charge in [-0.2, -0.15) is 0 Å². The van der Waals surface area contributed by atoms with E-state index in [2.05, 4.69) is 0 Å². The summed E-state index contributed by atoms with van der Waals surface area (Å²) in [5.41, 5.74) is 7.74. The molecule has 0 aliphatic heterocycles. The molecule has 3 heteroatoms. The lowest BCUT2D eigenvalue weighted by Gasteiger charge is -2.11. The van der Waals surface area contributed by atoms with E-state index in [4.69, 9.17) is 5.73 Å². The maximum Gasteiger partial charge on any atom is 0.252 e. The Morgan fingerprint density at radius 3 is 2.67 bits per heavy atom. The van der Waals surface area contributed by atoms with Crippen molar-refractivity contribution in [1.82, 2.24) is 0 Å². The monoisotopic (exact) mass is 205 g/mol. The van der Waals surface area contributed by atoms with Crippen LogP contribution in [0.15, 0.2) is 12.1 Å². The fourth-order valence-electron chi connectivity index (χ4n) is 2.27. The Kier molecular flexibility index (Phi) is 2.62. The molecule has 0 bridgehead atoms. The zero-order chi connectivity index (χ0) is 10.8. The summed E-state index contributed by atoms with van der Waals surface area (Å²) in [5.74, 6) is -0.505. The molecule has 0 saturated heterocycles. The Hall–Kier alpha value is -1.51. The van der Waals surface area contributed by atoms with Crippen molar-refractivity contribution in [1.29, 1.82) is 0 Å². The minimum atomic E-state index is -0.522. The lowest BCUT2D eigenvalue weighted by molar-refractivity contribution is 0.0996. The molecular weight excluding hydrogens is 190 g/mol. The fraction of sp³-hybridized carbons (Fsp3) is 0.417. The summed E-state index contributed by atoms with van der Waals surface area (Å²) in [6.45, 7) is 0. The maximum absolute atomic E-state index is 11.3. The zero-order valence-corrected chi connectivity index (χ0v) is 8.62. The van der Waals surface area contributed by atoms with Gasteiger partial charge in [-0.1, -0.05) is 12.5 Å². The Bertz CT molecular complexity index is 399. The second kappa shape index (κ2) is 3.93. The number of fused-ring (bicyclic) bond motifs is 1. The molecule has 1 amide bonds. The molecule has 2 rings (SSSR count). The SMILES string of the molecule is NC(=O)c1c(O)ccc2c1CCCCC2. The molecule has 0 radical (unpaired) electrons. The van der Waals surface area contributed by atoms with Crippen LogP contribution in [0.4, 0.5) is 0 Å². The third kappa shape index (κ3) is 1.82. The predicted octanol–water partition coefficient (Wildman–Crippen LogP) is 1.76. The van der Waals surface area contributed by atoms with E-state index < -0.39 is 5.91 Å². The fourth-order valence-corrected chi connectivity index (χ4v) is 2.27. The van der Waals surface area contributed by atoms with Crippen LogP contribution >= 0.6 is 0 Å². The molecule has 0 aromatic heterocycles. The molecule has 1 aromatic rings. The van der Waals surface area contributed by atoms with E-state index in [0.717, 1.165) is 31.2 Å². The van der Waals surface area contributed by atoms with Crippen molar-refractivity contribution in [2.75, 3.05) is 0 Å². The van der Waals surface area contributed by atoms with Gasteiger partial charge in [0.1, 0.15) is 5.75 Å². The van der Waals surface area contributed by atoms with Gasteiger partial charge in [0.15, 0.2) is 0 Å². The molecule has 0 atom stereocenters. The Morgan fingerprint density at radius 1 is 1.20 bits per heavy atom. The summed E-state index contributed by atoms with van der Waals surface area (Å²) in [5, 5.41) is 9.63. The number of aromatic hydroxyl groups is 1. The summed E-state index contributed by atoms with van der Waals surface area (Å²) in [7, 11) is 0. The Labute approximate surface area is 88.9 Å². The first-order valence-electron chi connectivity index (χ1n) is 5.33. The average Bonchev–Trinajstić information content (AvgIpc) is 2.41. The minimum Gasteiger partial charge on any atom is -0.507 e. The molecule has 1 aliphatic carbocycles. The van der Waals surface area contributed by atoms with E-state index in [-0.39, 0.29) is 5.75 Å². The first-order valence-corrected chi connectivity index (χ1v) is 5.33. The van der Waals surface area contributed by atoms with Gasteiger partial charge in [0, 0.05) is 0 Å². The molecule has 0 fully saturated rings. The average molecular weight is 205 g/mol. The molecule has 1 aromatic carbocycles. The van der Waals surface area contributed by atoms with Gasteiger partial charge < -0.3 is 10.8 Å². The number of nitrogens with two attached hydrogens (primary N) is 1. The number of hydrogen-bond acceptors (Lipinski definition) is 2. The van der Waals surface area contributed by atoms with Gasteiger partial charge in [-0.15, -0.1) is 0 Å². The third-order valence-corrected chi connectivity index (χ3v) is 3.01. The molecule has 0 spiro atoms. The normalized spacial score (nSPS) is 15.5. The molecular formula is C12H15NO2. The molecule has 0 heterocycles. The Balaban J connectivity index is 2.56. The van der Waals surface area contributed by atoms with E-state index in [9.17, 15) is 9.90 Å². The number of amides is 1. The lowest BCUT2D eigenvalue weighted by Crippen LogP contribution is -2.15. The summed E-state index contributed by atoms with van der Waals surface area (Å²) in [4.78, 5) is 11.3. The van der Waals surface area contributed by atoms with Crippen LogP contribution in [0, 0.1) is 0 Å². The van der Waals surface area contributed by atoms with E-state index in [1.165, 1.54) is 12.0 Å².